The number of carboxylic acids is 1. The molecule has 6 nitrogen and oxygen atoms in total. The molecule has 1 aromatic carbocycles. The first-order valence-corrected chi connectivity index (χ1v) is 8.27. The van der Waals surface area contributed by atoms with Gasteiger partial charge in [-0.05, 0) is 39.3 Å². The fraction of sp³-hybridized carbons (Fsp3) is 0.500. The van der Waals surface area contributed by atoms with E-state index in [4.69, 9.17) is 5.11 Å². The summed E-state index contributed by atoms with van der Waals surface area (Å²) in [6.07, 6.45) is 0. The van der Waals surface area contributed by atoms with E-state index in [9.17, 15) is 13.2 Å². The Balaban J connectivity index is 2.69. The number of aromatic carboxylic acids is 1. The normalized spacial score (nSPS) is 12.0. The van der Waals surface area contributed by atoms with Crippen molar-refractivity contribution >= 4 is 15.8 Å². The highest BCUT2D eigenvalue weighted by Crippen LogP contribution is 2.13. The van der Waals surface area contributed by atoms with Crippen molar-refractivity contribution < 1.29 is 18.3 Å². The van der Waals surface area contributed by atoms with Gasteiger partial charge in [0, 0.05) is 19.6 Å². The van der Waals surface area contributed by atoms with Gasteiger partial charge in [-0.2, -0.15) is 0 Å². The molecule has 0 radical (unpaired) electrons. The molecule has 0 unspecified atom stereocenters. The number of benzene rings is 1. The van der Waals surface area contributed by atoms with E-state index in [0.717, 1.165) is 13.1 Å². The molecule has 0 aliphatic heterocycles. The Morgan fingerprint density at radius 3 is 2.38 bits per heavy atom. The van der Waals surface area contributed by atoms with E-state index < -0.39 is 15.8 Å². The Labute approximate surface area is 125 Å². The van der Waals surface area contributed by atoms with E-state index in [1.165, 1.54) is 24.3 Å². The lowest BCUT2D eigenvalue weighted by molar-refractivity contribution is 0.0696. The van der Waals surface area contributed by atoms with Crippen LogP contribution in [0.1, 0.15) is 10.4 Å². The maximum atomic E-state index is 12.2. The van der Waals surface area contributed by atoms with Gasteiger partial charge in [0.05, 0.1) is 16.2 Å². The van der Waals surface area contributed by atoms with Crippen LogP contribution in [0.3, 0.4) is 0 Å². The highest BCUT2D eigenvalue weighted by molar-refractivity contribution is 7.91. The van der Waals surface area contributed by atoms with Gasteiger partial charge in [-0.1, -0.05) is 6.07 Å². The van der Waals surface area contributed by atoms with Gasteiger partial charge >= 0.3 is 5.97 Å². The van der Waals surface area contributed by atoms with Crippen molar-refractivity contribution in [3.63, 3.8) is 0 Å². The number of rotatable bonds is 8. The highest BCUT2D eigenvalue weighted by Gasteiger charge is 2.17. The van der Waals surface area contributed by atoms with E-state index in [2.05, 4.69) is 0 Å². The Hall–Kier alpha value is -1.44. The van der Waals surface area contributed by atoms with E-state index in [0.29, 0.717) is 6.54 Å². The third kappa shape index (κ3) is 5.82. The summed E-state index contributed by atoms with van der Waals surface area (Å²) in [5.74, 6) is -1.16. The van der Waals surface area contributed by atoms with Crippen molar-refractivity contribution in [2.45, 2.75) is 4.90 Å². The molecule has 0 spiro atoms. The summed E-state index contributed by atoms with van der Waals surface area (Å²) in [7, 11) is 2.32. The van der Waals surface area contributed by atoms with Gasteiger partial charge in [-0.25, -0.2) is 13.2 Å². The summed E-state index contributed by atoms with van der Waals surface area (Å²) >= 11 is 0. The number of carbonyl (C=O) groups is 1. The van der Waals surface area contributed by atoms with Crippen LogP contribution >= 0.6 is 0 Å². The molecule has 0 aliphatic rings. The van der Waals surface area contributed by atoms with Gasteiger partial charge in [0.2, 0.25) is 0 Å². The molecule has 1 aromatic rings. The summed E-state index contributed by atoms with van der Waals surface area (Å²) in [5.41, 5.74) is -0.0166. The Morgan fingerprint density at radius 2 is 1.81 bits per heavy atom. The molecular formula is C14H22N2O4S. The van der Waals surface area contributed by atoms with E-state index in [1.54, 1.807) is 0 Å². The van der Waals surface area contributed by atoms with Crippen molar-refractivity contribution in [2.75, 3.05) is 46.5 Å². The van der Waals surface area contributed by atoms with Crippen LogP contribution in [0.5, 0.6) is 0 Å². The third-order valence-electron chi connectivity index (χ3n) is 3.11. The average Bonchev–Trinajstić information content (AvgIpc) is 2.43. The molecule has 0 fully saturated rings. The van der Waals surface area contributed by atoms with Crippen LogP contribution in [-0.2, 0) is 9.84 Å². The van der Waals surface area contributed by atoms with Crippen molar-refractivity contribution in [1.29, 1.82) is 0 Å². The number of likely N-dealkylation sites (N-methyl/N-ethyl adjacent to an activating group) is 2. The Kier molecular flexibility index (Phi) is 6.32. The molecule has 1 rings (SSSR count). The van der Waals surface area contributed by atoms with Crippen LogP contribution < -0.4 is 0 Å². The van der Waals surface area contributed by atoms with Crippen molar-refractivity contribution in [3.8, 4) is 0 Å². The molecule has 0 aromatic heterocycles. The minimum absolute atomic E-state index is 0.0166. The van der Waals surface area contributed by atoms with E-state index >= 15 is 0 Å². The van der Waals surface area contributed by atoms with Crippen LogP contribution in [0.4, 0.5) is 0 Å². The molecule has 0 heterocycles. The van der Waals surface area contributed by atoms with Crippen molar-refractivity contribution in [2.24, 2.45) is 0 Å². The lowest BCUT2D eigenvalue weighted by Gasteiger charge is -2.19. The largest absolute Gasteiger partial charge is 0.478 e. The highest BCUT2D eigenvalue weighted by atomic mass is 32.2. The maximum absolute atomic E-state index is 12.2. The van der Waals surface area contributed by atoms with Gasteiger partial charge in [0.15, 0.2) is 9.84 Å². The third-order valence-corrected chi connectivity index (χ3v) is 4.80. The molecule has 0 aliphatic carbocycles. The predicted molar refractivity (Wildman–Crippen MR) is 81.5 cm³/mol. The molecule has 118 valence electrons. The average molecular weight is 314 g/mol. The number of hydrogen-bond donors (Lipinski definition) is 1. The lowest BCUT2D eigenvalue weighted by atomic mass is 10.2. The second kappa shape index (κ2) is 7.53. The standard InChI is InChI=1S/C14H22N2O4S/c1-15(2)7-8-16(3)9-10-21(19,20)13-6-4-5-12(11-13)14(17)18/h4-6,11H,7-10H2,1-3H3,(H,17,18). The van der Waals surface area contributed by atoms with E-state index in [1.807, 2.05) is 30.9 Å². The fourth-order valence-corrected chi connectivity index (χ4v) is 3.08. The topological polar surface area (TPSA) is 77.9 Å². The van der Waals surface area contributed by atoms with Gasteiger partial charge in [-0.3, -0.25) is 0 Å². The fourth-order valence-electron chi connectivity index (χ4n) is 1.70. The van der Waals surface area contributed by atoms with Gasteiger partial charge < -0.3 is 14.9 Å². The first-order valence-electron chi connectivity index (χ1n) is 6.62. The minimum Gasteiger partial charge on any atom is -0.478 e. The number of hydrogen-bond acceptors (Lipinski definition) is 5. The molecule has 0 amide bonds. The van der Waals surface area contributed by atoms with Crippen molar-refractivity contribution in [1.82, 2.24) is 9.80 Å². The molecule has 0 saturated carbocycles. The summed E-state index contributed by atoms with van der Waals surface area (Å²) in [4.78, 5) is 14.9. The van der Waals surface area contributed by atoms with Gasteiger partial charge in [0.1, 0.15) is 0 Å². The Morgan fingerprint density at radius 1 is 1.14 bits per heavy atom. The molecule has 1 N–H and O–H groups in total. The molecular weight excluding hydrogens is 292 g/mol. The van der Waals surface area contributed by atoms with Crippen LogP contribution in [0.15, 0.2) is 29.2 Å². The SMILES string of the molecule is CN(C)CCN(C)CCS(=O)(=O)c1cccc(C(=O)O)c1. The second-order valence-corrected chi connectivity index (χ2v) is 7.37. The number of carboxylic acid groups (broad SMARTS) is 1. The monoisotopic (exact) mass is 314 g/mol. The lowest BCUT2D eigenvalue weighted by Crippen LogP contribution is -2.32. The first kappa shape index (κ1) is 17.6. The molecule has 0 bridgehead atoms. The minimum atomic E-state index is -3.47. The quantitative estimate of drug-likeness (QED) is 0.759. The maximum Gasteiger partial charge on any atom is 0.335 e. The zero-order chi connectivity index (χ0) is 16.0. The summed E-state index contributed by atoms with van der Waals surface area (Å²) in [6, 6.07) is 5.47. The molecule has 7 heteroatoms. The predicted octanol–water partition coefficient (Wildman–Crippen LogP) is 0.652. The summed E-state index contributed by atoms with van der Waals surface area (Å²) in [6.45, 7) is 2.04. The summed E-state index contributed by atoms with van der Waals surface area (Å²) in [5, 5.41) is 8.91. The van der Waals surface area contributed by atoms with Crippen LogP contribution in [0.25, 0.3) is 0 Å². The second-order valence-electron chi connectivity index (χ2n) is 5.26. The molecule has 0 saturated heterocycles. The first-order chi connectivity index (χ1) is 9.72. The van der Waals surface area contributed by atoms with Gasteiger partial charge in [-0.15, -0.1) is 0 Å². The number of sulfone groups is 1. The van der Waals surface area contributed by atoms with Crippen molar-refractivity contribution in [3.05, 3.63) is 29.8 Å². The zero-order valence-electron chi connectivity index (χ0n) is 12.6. The van der Waals surface area contributed by atoms with E-state index in [-0.39, 0.29) is 16.2 Å². The molecule has 0 atom stereocenters. The van der Waals surface area contributed by atoms with Crippen LogP contribution in [-0.4, -0.2) is 75.8 Å². The summed E-state index contributed by atoms with van der Waals surface area (Å²) < 4.78 is 24.4. The van der Waals surface area contributed by atoms with Gasteiger partial charge in [0.25, 0.3) is 0 Å². The van der Waals surface area contributed by atoms with Crippen LogP contribution in [0.2, 0.25) is 0 Å². The molecule has 21 heavy (non-hydrogen) atoms. The Bertz CT molecular complexity index is 584. The van der Waals surface area contributed by atoms with Crippen LogP contribution in [0, 0.1) is 0 Å². The number of nitrogens with zero attached hydrogens (tertiary/aromatic N) is 2. The smallest absolute Gasteiger partial charge is 0.335 e. The zero-order valence-corrected chi connectivity index (χ0v) is 13.4.